The summed E-state index contributed by atoms with van der Waals surface area (Å²) in [4.78, 5) is 4.41. The third kappa shape index (κ3) is 3.58. The molecular formula is C20H17Cl2N5O2S. The number of hydrogen-bond donors (Lipinski definition) is 2. The third-order valence-electron chi connectivity index (χ3n) is 4.60. The first-order chi connectivity index (χ1) is 14.2. The van der Waals surface area contributed by atoms with Gasteiger partial charge in [-0.3, -0.25) is 4.72 Å². The van der Waals surface area contributed by atoms with E-state index in [1.807, 2.05) is 13.0 Å². The quantitative estimate of drug-likeness (QED) is 0.460. The summed E-state index contributed by atoms with van der Waals surface area (Å²) in [6.45, 7) is 1.89. The molecule has 2 aromatic carbocycles. The van der Waals surface area contributed by atoms with Crippen molar-refractivity contribution in [1.29, 1.82) is 0 Å². The standard InChI is InChI=1S/C20H17Cl2N5O2S/c1-11-10-14(17-19(23)25-27(2)20(17)24-11)12-6-8-13(9-7-12)26-30(28,29)16-5-3-4-15(21)18(16)22/h3-10,26H,1-2H3,(H2,23,25). The minimum Gasteiger partial charge on any atom is -0.382 e. The van der Waals surface area contributed by atoms with Gasteiger partial charge in [-0.25, -0.2) is 18.1 Å². The second-order valence-electron chi connectivity index (χ2n) is 6.75. The van der Waals surface area contributed by atoms with Gasteiger partial charge >= 0.3 is 0 Å². The molecule has 0 aliphatic rings. The third-order valence-corrected chi connectivity index (χ3v) is 6.96. The Bertz CT molecular complexity index is 1380. The number of pyridine rings is 1. The number of aromatic nitrogens is 3. The molecule has 0 aliphatic carbocycles. The van der Waals surface area contributed by atoms with Gasteiger partial charge in [0.15, 0.2) is 11.5 Å². The molecule has 3 N–H and O–H groups in total. The van der Waals surface area contributed by atoms with E-state index in [4.69, 9.17) is 28.9 Å². The minimum absolute atomic E-state index is 0.0232. The highest BCUT2D eigenvalue weighted by Crippen LogP contribution is 2.34. The van der Waals surface area contributed by atoms with Gasteiger partial charge in [-0.2, -0.15) is 5.10 Å². The van der Waals surface area contributed by atoms with Crippen molar-refractivity contribution in [1.82, 2.24) is 14.8 Å². The number of nitrogen functional groups attached to an aromatic ring is 1. The molecule has 0 spiro atoms. The van der Waals surface area contributed by atoms with Crippen molar-refractivity contribution >= 4 is 55.8 Å². The van der Waals surface area contributed by atoms with Gasteiger partial charge in [0.2, 0.25) is 0 Å². The first-order valence-corrected chi connectivity index (χ1v) is 11.1. The summed E-state index contributed by atoms with van der Waals surface area (Å²) >= 11 is 12.0. The van der Waals surface area contributed by atoms with E-state index in [2.05, 4.69) is 14.8 Å². The number of nitrogens with two attached hydrogens (primary N) is 1. The Morgan fingerprint density at radius 2 is 1.80 bits per heavy atom. The second-order valence-corrected chi connectivity index (χ2v) is 9.19. The van der Waals surface area contributed by atoms with Crippen molar-refractivity contribution in [2.75, 3.05) is 10.5 Å². The zero-order valence-corrected chi connectivity index (χ0v) is 18.3. The molecule has 30 heavy (non-hydrogen) atoms. The van der Waals surface area contributed by atoms with E-state index in [1.54, 1.807) is 36.0 Å². The van der Waals surface area contributed by atoms with E-state index in [9.17, 15) is 8.42 Å². The zero-order chi connectivity index (χ0) is 21.6. The van der Waals surface area contributed by atoms with Crippen molar-refractivity contribution in [2.24, 2.45) is 7.05 Å². The van der Waals surface area contributed by atoms with Crippen LogP contribution in [-0.4, -0.2) is 23.2 Å². The van der Waals surface area contributed by atoms with Crippen LogP contribution in [0.1, 0.15) is 5.69 Å². The smallest absolute Gasteiger partial charge is 0.263 e. The normalized spacial score (nSPS) is 11.7. The van der Waals surface area contributed by atoms with Gasteiger partial charge in [-0.1, -0.05) is 41.4 Å². The summed E-state index contributed by atoms with van der Waals surface area (Å²) in [6, 6.07) is 13.3. The number of benzene rings is 2. The molecule has 0 radical (unpaired) electrons. The van der Waals surface area contributed by atoms with E-state index >= 15 is 0 Å². The van der Waals surface area contributed by atoms with Gasteiger partial charge < -0.3 is 5.73 Å². The van der Waals surface area contributed by atoms with Crippen molar-refractivity contribution < 1.29 is 8.42 Å². The number of sulfonamides is 1. The molecule has 0 bridgehead atoms. The summed E-state index contributed by atoms with van der Waals surface area (Å²) in [5, 5.41) is 5.15. The molecule has 10 heteroatoms. The Hall–Kier alpha value is -2.81. The molecule has 0 saturated heterocycles. The highest BCUT2D eigenvalue weighted by Gasteiger charge is 2.20. The molecule has 2 heterocycles. The maximum atomic E-state index is 12.7. The predicted octanol–water partition coefficient (Wildman–Crippen LogP) is 4.63. The highest BCUT2D eigenvalue weighted by molar-refractivity contribution is 7.92. The Morgan fingerprint density at radius 1 is 1.10 bits per heavy atom. The molecule has 0 unspecified atom stereocenters. The van der Waals surface area contributed by atoms with Crippen LogP contribution >= 0.6 is 23.2 Å². The van der Waals surface area contributed by atoms with E-state index in [1.165, 1.54) is 18.2 Å². The van der Waals surface area contributed by atoms with Gasteiger partial charge in [-0.15, -0.1) is 0 Å². The first-order valence-electron chi connectivity index (χ1n) is 8.84. The van der Waals surface area contributed by atoms with E-state index < -0.39 is 10.0 Å². The zero-order valence-electron chi connectivity index (χ0n) is 16.0. The number of aryl methyl sites for hydroxylation is 2. The number of fused-ring (bicyclic) bond motifs is 1. The largest absolute Gasteiger partial charge is 0.382 e. The summed E-state index contributed by atoms with van der Waals surface area (Å²) in [7, 11) is -2.11. The van der Waals surface area contributed by atoms with Crippen LogP contribution in [0.3, 0.4) is 0 Å². The first kappa shape index (κ1) is 20.5. The molecule has 0 amide bonds. The second kappa shape index (κ2) is 7.46. The van der Waals surface area contributed by atoms with Crippen molar-refractivity contribution in [3.63, 3.8) is 0 Å². The van der Waals surface area contributed by atoms with Crippen molar-refractivity contribution in [3.05, 3.63) is 64.3 Å². The predicted molar refractivity (Wildman–Crippen MR) is 120 cm³/mol. The number of nitrogens with one attached hydrogen (secondary N) is 1. The number of anilines is 2. The number of nitrogens with zero attached hydrogens (tertiary/aromatic N) is 3. The topological polar surface area (TPSA) is 103 Å². The van der Waals surface area contributed by atoms with Crippen LogP contribution < -0.4 is 10.5 Å². The highest BCUT2D eigenvalue weighted by atomic mass is 35.5. The molecule has 7 nitrogen and oxygen atoms in total. The Labute approximate surface area is 183 Å². The lowest BCUT2D eigenvalue weighted by Gasteiger charge is -2.11. The van der Waals surface area contributed by atoms with Crippen LogP contribution in [0.25, 0.3) is 22.2 Å². The Balaban J connectivity index is 1.71. The molecule has 4 aromatic rings. The lowest BCUT2D eigenvalue weighted by molar-refractivity contribution is 0.601. The fraction of sp³-hybridized carbons (Fsp3) is 0.100. The Morgan fingerprint density at radius 3 is 2.50 bits per heavy atom. The van der Waals surface area contributed by atoms with Crippen LogP contribution in [-0.2, 0) is 17.1 Å². The summed E-state index contributed by atoms with van der Waals surface area (Å²) in [6.07, 6.45) is 0. The van der Waals surface area contributed by atoms with Crippen LogP contribution in [0.4, 0.5) is 11.5 Å². The molecule has 154 valence electrons. The van der Waals surface area contributed by atoms with Crippen molar-refractivity contribution in [2.45, 2.75) is 11.8 Å². The van der Waals surface area contributed by atoms with Crippen LogP contribution in [0, 0.1) is 6.92 Å². The Kier molecular flexibility index (Phi) is 5.09. The molecule has 0 fully saturated rings. The number of halogens is 2. The van der Waals surface area contributed by atoms with Crippen LogP contribution in [0.5, 0.6) is 0 Å². The maximum absolute atomic E-state index is 12.7. The van der Waals surface area contributed by atoms with Crippen LogP contribution in [0.15, 0.2) is 53.4 Å². The minimum atomic E-state index is -3.90. The van der Waals surface area contributed by atoms with Gasteiger partial charge in [0, 0.05) is 18.4 Å². The van der Waals surface area contributed by atoms with Crippen LogP contribution in [0.2, 0.25) is 10.0 Å². The van der Waals surface area contributed by atoms with E-state index in [0.29, 0.717) is 17.2 Å². The lowest BCUT2D eigenvalue weighted by Crippen LogP contribution is -2.13. The number of rotatable bonds is 4. The SMILES string of the molecule is Cc1cc(-c2ccc(NS(=O)(=O)c3cccc(Cl)c3Cl)cc2)c2c(N)nn(C)c2n1. The lowest BCUT2D eigenvalue weighted by atomic mass is 10.0. The van der Waals surface area contributed by atoms with Gasteiger partial charge in [0.1, 0.15) is 4.90 Å². The van der Waals surface area contributed by atoms with Crippen molar-refractivity contribution in [3.8, 4) is 11.1 Å². The fourth-order valence-corrected chi connectivity index (χ4v) is 5.07. The molecule has 2 aromatic heterocycles. The summed E-state index contributed by atoms with van der Waals surface area (Å²) in [5.41, 5.74) is 9.70. The molecule has 0 atom stereocenters. The maximum Gasteiger partial charge on any atom is 0.263 e. The van der Waals surface area contributed by atoms with Gasteiger partial charge in [0.25, 0.3) is 10.0 Å². The molecule has 4 rings (SSSR count). The van der Waals surface area contributed by atoms with E-state index in [0.717, 1.165) is 22.2 Å². The average molecular weight is 462 g/mol. The van der Waals surface area contributed by atoms with Gasteiger partial charge in [0.05, 0.1) is 15.4 Å². The molecule has 0 aliphatic heterocycles. The summed E-state index contributed by atoms with van der Waals surface area (Å²) in [5.74, 6) is 0.385. The average Bonchev–Trinajstić information content (AvgIpc) is 2.97. The number of hydrogen-bond acceptors (Lipinski definition) is 5. The van der Waals surface area contributed by atoms with E-state index in [-0.39, 0.29) is 14.9 Å². The monoisotopic (exact) mass is 461 g/mol. The molecule has 0 saturated carbocycles. The van der Waals surface area contributed by atoms with Gasteiger partial charge in [-0.05, 0) is 48.4 Å². The summed E-state index contributed by atoms with van der Waals surface area (Å²) < 4.78 is 29.6. The fourth-order valence-electron chi connectivity index (χ4n) is 3.25. The molecular weight excluding hydrogens is 445 g/mol.